The zero-order valence-electron chi connectivity index (χ0n) is 12.8. The molecular formula is C17H19NO4S. The summed E-state index contributed by atoms with van der Waals surface area (Å²) in [4.78, 5) is 23.8. The highest BCUT2D eigenvalue weighted by atomic mass is 32.1. The fourth-order valence-electron chi connectivity index (χ4n) is 2.08. The van der Waals surface area contributed by atoms with Gasteiger partial charge in [0.15, 0.2) is 0 Å². The van der Waals surface area contributed by atoms with Crippen LogP contribution in [0.25, 0.3) is 0 Å². The van der Waals surface area contributed by atoms with Crippen LogP contribution in [0.5, 0.6) is 5.75 Å². The molecule has 2 rings (SSSR count). The maximum absolute atomic E-state index is 12.2. The van der Waals surface area contributed by atoms with Gasteiger partial charge in [-0.25, -0.2) is 0 Å². The van der Waals surface area contributed by atoms with Gasteiger partial charge in [0.25, 0.3) is 5.91 Å². The van der Waals surface area contributed by atoms with E-state index in [4.69, 9.17) is 9.84 Å². The molecule has 0 bridgehead atoms. The van der Waals surface area contributed by atoms with Crippen molar-refractivity contribution in [3.05, 3.63) is 52.2 Å². The molecule has 23 heavy (non-hydrogen) atoms. The van der Waals surface area contributed by atoms with E-state index in [0.29, 0.717) is 11.5 Å². The molecule has 0 spiro atoms. The minimum Gasteiger partial charge on any atom is -0.494 e. The predicted molar refractivity (Wildman–Crippen MR) is 89.0 cm³/mol. The number of carboxylic acids is 1. The highest BCUT2D eigenvalue weighted by molar-refractivity contribution is 7.12. The normalized spacial score (nSPS) is 11.7. The maximum Gasteiger partial charge on any atom is 0.305 e. The third-order valence-corrected chi connectivity index (χ3v) is 4.05. The van der Waals surface area contributed by atoms with E-state index < -0.39 is 12.0 Å². The largest absolute Gasteiger partial charge is 0.494 e. The summed E-state index contributed by atoms with van der Waals surface area (Å²) in [6, 6.07) is 10.1. The molecule has 0 aliphatic carbocycles. The fraction of sp³-hybridized carbons (Fsp3) is 0.294. The third-order valence-electron chi connectivity index (χ3n) is 3.18. The third kappa shape index (κ3) is 5.10. The van der Waals surface area contributed by atoms with E-state index in [-0.39, 0.29) is 12.3 Å². The second-order valence-electron chi connectivity index (χ2n) is 5.02. The first-order chi connectivity index (χ1) is 11.1. The molecule has 6 heteroatoms. The molecule has 0 aliphatic rings. The number of rotatable bonds is 8. The first-order valence-electron chi connectivity index (χ1n) is 7.39. The molecule has 0 saturated heterocycles. The topological polar surface area (TPSA) is 75.6 Å². The van der Waals surface area contributed by atoms with Gasteiger partial charge in [0.1, 0.15) is 5.75 Å². The van der Waals surface area contributed by atoms with E-state index in [1.165, 1.54) is 11.3 Å². The highest BCUT2D eigenvalue weighted by Crippen LogP contribution is 2.22. The smallest absolute Gasteiger partial charge is 0.305 e. The number of carbonyl (C=O) groups is 2. The van der Waals surface area contributed by atoms with Crippen LogP contribution >= 0.6 is 11.3 Å². The number of thiophene rings is 1. The second kappa shape index (κ2) is 8.33. The predicted octanol–water partition coefficient (Wildman–Crippen LogP) is 3.48. The Bertz CT molecular complexity index is 637. The number of nitrogens with one attached hydrogen (secondary N) is 1. The lowest BCUT2D eigenvalue weighted by atomic mass is 10.0. The molecule has 1 aromatic carbocycles. The van der Waals surface area contributed by atoms with E-state index in [1.54, 1.807) is 41.8 Å². The molecule has 0 fully saturated rings. The van der Waals surface area contributed by atoms with Crippen molar-refractivity contribution >= 4 is 23.2 Å². The van der Waals surface area contributed by atoms with Gasteiger partial charge in [-0.1, -0.05) is 25.1 Å². The molecule has 1 aromatic heterocycles. The Hall–Kier alpha value is -2.34. The van der Waals surface area contributed by atoms with Crippen LogP contribution in [-0.4, -0.2) is 23.6 Å². The SMILES string of the molecule is CCCOc1ccc([C@@H](CC(=O)O)NC(=O)c2cccs2)cc1. The van der Waals surface area contributed by atoms with Gasteiger partial charge in [0, 0.05) is 0 Å². The lowest BCUT2D eigenvalue weighted by Crippen LogP contribution is -2.29. The minimum atomic E-state index is -0.965. The molecule has 2 aromatic rings. The summed E-state index contributed by atoms with van der Waals surface area (Å²) < 4.78 is 5.51. The summed E-state index contributed by atoms with van der Waals surface area (Å²) in [6.07, 6.45) is 0.743. The monoisotopic (exact) mass is 333 g/mol. The van der Waals surface area contributed by atoms with Gasteiger partial charge in [0.05, 0.1) is 23.9 Å². The van der Waals surface area contributed by atoms with Crippen molar-refractivity contribution in [2.45, 2.75) is 25.8 Å². The number of carboxylic acid groups (broad SMARTS) is 1. The van der Waals surface area contributed by atoms with Gasteiger partial charge < -0.3 is 15.2 Å². The van der Waals surface area contributed by atoms with Crippen molar-refractivity contribution in [2.24, 2.45) is 0 Å². The summed E-state index contributed by atoms with van der Waals surface area (Å²) in [6.45, 7) is 2.66. The van der Waals surface area contributed by atoms with Crippen molar-refractivity contribution < 1.29 is 19.4 Å². The lowest BCUT2D eigenvalue weighted by molar-refractivity contribution is -0.137. The van der Waals surface area contributed by atoms with Gasteiger partial charge in [0.2, 0.25) is 0 Å². The summed E-state index contributed by atoms with van der Waals surface area (Å²) in [5, 5.41) is 13.7. The number of benzene rings is 1. The minimum absolute atomic E-state index is 0.174. The summed E-state index contributed by atoms with van der Waals surface area (Å²) >= 11 is 1.32. The standard InChI is InChI=1S/C17H19NO4S/c1-2-9-22-13-7-5-12(6-8-13)14(11-16(19)20)18-17(21)15-4-3-10-23-15/h3-8,10,14H,2,9,11H2,1H3,(H,18,21)(H,19,20)/t14-/m1/s1. The zero-order chi connectivity index (χ0) is 16.7. The van der Waals surface area contributed by atoms with Gasteiger partial charge in [-0.2, -0.15) is 0 Å². The van der Waals surface area contributed by atoms with Crippen LogP contribution in [0.1, 0.15) is 41.0 Å². The highest BCUT2D eigenvalue weighted by Gasteiger charge is 2.19. The van der Waals surface area contributed by atoms with Gasteiger partial charge in [-0.3, -0.25) is 9.59 Å². The Balaban J connectivity index is 2.11. The van der Waals surface area contributed by atoms with Crippen molar-refractivity contribution in [1.82, 2.24) is 5.32 Å². The van der Waals surface area contributed by atoms with Gasteiger partial charge in [-0.15, -0.1) is 11.3 Å². The molecule has 2 N–H and O–H groups in total. The Morgan fingerprint density at radius 3 is 2.57 bits per heavy atom. The number of hydrogen-bond donors (Lipinski definition) is 2. The van der Waals surface area contributed by atoms with Crippen molar-refractivity contribution in [3.8, 4) is 5.75 Å². The summed E-state index contributed by atoms with van der Waals surface area (Å²) in [7, 11) is 0. The van der Waals surface area contributed by atoms with Crippen LogP contribution in [0, 0.1) is 0 Å². The molecule has 0 radical (unpaired) electrons. The molecule has 5 nitrogen and oxygen atoms in total. The number of ether oxygens (including phenoxy) is 1. The van der Waals surface area contributed by atoms with Gasteiger partial charge in [-0.05, 0) is 35.6 Å². The Labute approximate surface area is 138 Å². The molecule has 1 atom stereocenters. The molecule has 122 valence electrons. The van der Waals surface area contributed by atoms with Crippen molar-refractivity contribution in [2.75, 3.05) is 6.61 Å². The number of carbonyl (C=O) groups excluding carboxylic acids is 1. The number of hydrogen-bond acceptors (Lipinski definition) is 4. The Kier molecular flexibility index (Phi) is 6.17. The maximum atomic E-state index is 12.2. The number of aliphatic carboxylic acids is 1. The molecular weight excluding hydrogens is 314 g/mol. The average molecular weight is 333 g/mol. The van der Waals surface area contributed by atoms with Crippen LogP contribution in [-0.2, 0) is 4.79 Å². The number of amides is 1. The molecule has 1 amide bonds. The average Bonchev–Trinajstić information content (AvgIpc) is 3.07. The van der Waals surface area contributed by atoms with E-state index in [1.807, 2.05) is 6.92 Å². The Morgan fingerprint density at radius 2 is 2.00 bits per heavy atom. The van der Waals surface area contributed by atoms with E-state index in [0.717, 1.165) is 17.7 Å². The summed E-state index contributed by atoms with van der Waals surface area (Å²) in [5.41, 5.74) is 0.737. The molecule has 0 unspecified atom stereocenters. The lowest BCUT2D eigenvalue weighted by Gasteiger charge is -2.17. The summed E-state index contributed by atoms with van der Waals surface area (Å²) in [5.74, 6) is -0.500. The fourth-order valence-corrected chi connectivity index (χ4v) is 2.71. The van der Waals surface area contributed by atoms with Crippen LogP contribution in [0.4, 0.5) is 0 Å². The molecule has 0 saturated carbocycles. The Morgan fingerprint density at radius 1 is 1.26 bits per heavy atom. The molecule has 0 aliphatic heterocycles. The first kappa shape index (κ1) is 17.0. The quantitative estimate of drug-likeness (QED) is 0.775. The van der Waals surface area contributed by atoms with Crippen molar-refractivity contribution in [1.29, 1.82) is 0 Å². The van der Waals surface area contributed by atoms with Crippen LogP contribution in [0.2, 0.25) is 0 Å². The first-order valence-corrected chi connectivity index (χ1v) is 8.27. The van der Waals surface area contributed by atoms with Gasteiger partial charge >= 0.3 is 5.97 Å². The van der Waals surface area contributed by atoms with E-state index >= 15 is 0 Å². The van der Waals surface area contributed by atoms with E-state index in [9.17, 15) is 9.59 Å². The van der Waals surface area contributed by atoms with Crippen LogP contribution in [0.3, 0.4) is 0 Å². The van der Waals surface area contributed by atoms with Crippen LogP contribution < -0.4 is 10.1 Å². The van der Waals surface area contributed by atoms with Crippen LogP contribution in [0.15, 0.2) is 41.8 Å². The molecule has 1 heterocycles. The van der Waals surface area contributed by atoms with E-state index in [2.05, 4.69) is 5.32 Å². The zero-order valence-corrected chi connectivity index (χ0v) is 13.6. The second-order valence-corrected chi connectivity index (χ2v) is 5.97. The van der Waals surface area contributed by atoms with Crippen molar-refractivity contribution in [3.63, 3.8) is 0 Å².